The Labute approximate surface area is 109 Å². The number of aromatic nitrogens is 1. The molecule has 2 nitrogen and oxygen atoms in total. The lowest BCUT2D eigenvalue weighted by Crippen LogP contribution is -2.16. The van der Waals surface area contributed by atoms with E-state index in [2.05, 4.69) is 62.2 Å². The van der Waals surface area contributed by atoms with Gasteiger partial charge in [0.25, 0.3) is 0 Å². The largest absolute Gasteiger partial charge is 0.348 e. The normalized spacial score (nSPS) is 13.9. The number of rotatable bonds is 1. The molecule has 0 saturated carbocycles. The molecule has 1 aromatic carbocycles. The molecule has 3 heteroatoms. The van der Waals surface area contributed by atoms with E-state index in [-0.39, 0.29) is 0 Å². The number of hydrogen-bond acceptors (Lipinski definition) is 2. The summed E-state index contributed by atoms with van der Waals surface area (Å²) >= 11 is 3.49. The third-order valence-corrected chi connectivity index (χ3v) is 4.01. The minimum Gasteiger partial charge on any atom is -0.348 e. The van der Waals surface area contributed by atoms with Gasteiger partial charge in [0.2, 0.25) is 0 Å². The first-order valence-electron chi connectivity index (χ1n) is 5.69. The van der Waals surface area contributed by atoms with Crippen LogP contribution >= 0.6 is 15.9 Å². The van der Waals surface area contributed by atoms with Crippen LogP contribution in [0.1, 0.15) is 16.8 Å². The number of nitrogens with zero attached hydrogens (tertiary/aromatic N) is 2. The number of fused-ring (bicyclic) bond motifs is 1. The van der Waals surface area contributed by atoms with Gasteiger partial charge in [0.15, 0.2) is 0 Å². The molecular weight excluding hydrogens is 276 g/mol. The van der Waals surface area contributed by atoms with Crippen molar-refractivity contribution in [1.82, 2.24) is 4.98 Å². The maximum Gasteiger partial charge on any atom is 0.129 e. The highest BCUT2D eigenvalue weighted by molar-refractivity contribution is 9.10. The Morgan fingerprint density at radius 1 is 1.06 bits per heavy atom. The molecule has 3 rings (SSSR count). The average molecular weight is 289 g/mol. The zero-order valence-electron chi connectivity index (χ0n) is 9.65. The molecule has 0 fully saturated rings. The summed E-state index contributed by atoms with van der Waals surface area (Å²) in [6.45, 7) is 3.95. The second-order valence-electron chi connectivity index (χ2n) is 4.36. The smallest absolute Gasteiger partial charge is 0.129 e. The van der Waals surface area contributed by atoms with Crippen molar-refractivity contribution in [2.45, 2.75) is 20.0 Å². The van der Waals surface area contributed by atoms with Crippen LogP contribution in [0.5, 0.6) is 0 Å². The molecule has 0 bridgehead atoms. The minimum absolute atomic E-state index is 0.963. The number of pyridine rings is 1. The molecule has 2 heterocycles. The molecule has 1 aliphatic heterocycles. The van der Waals surface area contributed by atoms with Crippen LogP contribution in [-0.2, 0) is 13.1 Å². The van der Waals surface area contributed by atoms with Gasteiger partial charge in [-0.05, 0) is 46.1 Å². The number of halogens is 1. The van der Waals surface area contributed by atoms with Crippen LogP contribution in [0.25, 0.3) is 0 Å². The Kier molecular flexibility index (Phi) is 2.63. The number of anilines is 1. The maximum absolute atomic E-state index is 4.62. The Hall–Kier alpha value is -1.35. The van der Waals surface area contributed by atoms with Crippen molar-refractivity contribution in [3.8, 4) is 0 Å². The molecule has 0 saturated heterocycles. The molecule has 1 aromatic heterocycles. The first kappa shape index (κ1) is 10.8. The zero-order valence-corrected chi connectivity index (χ0v) is 11.2. The fraction of sp³-hybridized carbons (Fsp3) is 0.214. The lowest BCUT2D eigenvalue weighted by atomic mass is 10.1. The molecule has 0 spiro atoms. The van der Waals surface area contributed by atoms with Crippen LogP contribution in [0.2, 0.25) is 0 Å². The van der Waals surface area contributed by atoms with Gasteiger partial charge in [0.05, 0.1) is 5.69 Å². The second kappa shape index (κ2) is 4.15. The van der Waals surface area contributed by atoms with Gasteiger partial charge in [-0.15, -0.1) is 0 Å². The van der Waals surface area contributed by atoms with E-state index < -0.39 is 0 Å². The van der Waals surface area contributed by atoms with Gasteiger partial charge in [-0.1, -0.05) is 24.3 Å². The third kappa shape index (κ3) is 1.95. The van der Waals surface area contributed by atoms with Gasteiger partial charge < -0.3 is 4.90 Å². The highest BCUT2D eigenvalue weighted by Crippen LogP contribution is 2.28. The predicted molar refractivity (Wildman–Crippen MR) is 73.0 cm³/mol. The number of hydrogen-bond donors (Lipinski definition) is 0. The van der Waals surface area contributed by atoms with Crippen LogP contribution in [0, 0.1) is 6.92 Å². The Morgan fingerprint density at radius 3 is 2.29 bits per heavy atom. The SMILES string of the molecule is Cc1nc(N2Cc3ccccc3C2)ccc1Br. The Bertz CT molecular complexity index is 541. The lowest BCUT2D eigenvalue weighted by molar-refractivity contribution is 0.851. The highest BCUT2D eigenvalue weighted by Gasteiger charge is 2.19. The van der Waals surface area contributed by atoms with E-state index >= 15 is 0 Å². The van der Waals surface area contributed by atoms with Gasteiger partial charge in [-0.25, -0.2) is 4.98 Å². The monoisotopic (exact) mass is 288 g/mol. The predicted octanol–water partition coefficient (Wildman–Crippen LogP) is 3.67. The van der Waals surface area contributed by atoms with Gasteiger partial charge in [0.1, 0.15) is 5.82 Å². The van der Waals surface area contributed by atoms with E-state index in [9.17, 15) is 0 Å². The van der Waals surface area contributed by atoms with E-state index in [4.69, 9.17) is 0 Å². The molecule has 86 valence electrons. The topological polar surface area (TPSA) is 16.1 Å². The summed E-state index contributed by atoms with van der Waals surface area (Å²) in [4.78, 5) is 6.93. The van der Waals surface area contributed by atoms with Crippen molar-refractivity contribution in [2.75, 3.05) is 4.90 Å². The van der Waals surface area contributed by atoms with Gasteiger partial charge in [-0.3, -0.25) is 0 Å². The van der Waals surface area contributed by atoms with Crippen LogP contribution in [0.3, 0.4) is 0 Å². The fourth-order valence-corrected chi connectivity index (χ4v) is 2.42. The summed E-state index contributed by atoms with van der Waals surface area (Å²) < 4.78 is 1.07. The molecule has 0 radical (unpaired) electrons. The van der Waals surface area contributed by atoms with Gasteiger partial charge in [-0.2, -0.15) is 0 Å². The van der Waals surface area contributed by atoms with E-state index in [0.717, 1.165) is 29.1 Å². The Balaban J connectivity index is 1.91. The highest BCUT2D eigenvalue weighted by atomic mass is 79.9. The first-order chi connectivity index (χ1) is 8.24. The average Bonchev–Trinajstić information content (AvgIpc) is 2.76. The quantitative estimate of drug-likeness (QED) is 0.796. The van der Waals surface area contributed by atoms with Crippen LogP contribution in [0.15, 0.2) is 40.9 Å². The summed E-state index contributed by atoms with van der Waals surface area (Å²) in [6, 6.07) is 12.7. The molecule has 0 amide bonds. The molecule has 2 aromatic rings. The summed E-state index contributed by atoms with van der Waals surface area (Å²) in [6.07, 6.45) is 0. The summed E-state index contributed by atoms with van der Waals surface area (Å²) in [7, 11) is 0. The second-order valence-corrected chi connectivity index (χ2v) is 5.22. The first-order valence-corrected chi connectivity index (χ1v) is 6.48. The lowest BCUT2D eigenvalue weighted by Gasteiger charge is -2.17. The van der Waals surface area contributed by atoms with Crippen LogP contribution < -0.4 is 4.90 Å². The van der Waals surface area contributed by atoms with Crippen molar-refractivity contribution in [3.63, 3.8) is 0 Å². The van der Waals surface area contributed by atoms with Crippen molar-refractivity contribution < 1.29 is 0 Å². The molecule has 0 atom stereocenters. The van der Waals surface area contributed by atoms with Crippen molar-refractivity contribution in [2.24, 2.45) is 0 Å². The van der Waals surface area contributed by atoms with Crippen molar-refractivity contribution in [1.29, 1.82) is 0 Å². The van der Waals surface area contributed by atoms with Crippen molar-refractivity contribution in [3.05, 3.63) is 57.7 Å². The van der Waals surface area contributed by atoms with Gasteiger partial charge in [0, 0.05) is 17.6 Å². The van der Waals surface area contributed by atoms with Crippen LogP contribution in [-0.4, -0.2) is 4.98 Å². The summed E-state index contributed by atoms with van der Waals surface area (Å²) in [5.41, 5.74) is 3.86. The van der Waals surface area contributed by atoms with E-state index in [1.165, 1.54) is 11.1 Å². The molecule has 0 unspecified atom stereocenters. The van der Waals surface area contributed by atoms with Crippen molar-refractivity contribution >= 4 is 21.7 Å². The third-order valence-electron chi connectivity index (χ3n) is 3.17. The van der Waals surface area contributed by atoms with Crippen LogP contribution in [0.4, 0.5) is 5.82 Å². The molecular formula is C14H13BrN2. The molecule has 0 aliphatic carbocycles. The zero-order chi connectivity index (χ0) is 11.8. The van der Waals surface area contributed by atoms with E-state index in [0.29, 0.717) is 0 Å². The van der Waals surface area contributed by atoms with Gasteiger partial charge >= 0.3 is 0 Å². The molecule has 17 heavy (non-hydrogen) atoms. The number of benzene rings is 1. The summed E-state index contributed by atoms with van der Waals surface area (Å²) in [5.74, 6) is 1.06. The maximum atomic E-state index is 4.62. The summed E-state index contributed by atoms with van der Waals surface area (Å²) in [5, 5.41) is 0. The standard InChI is InChI=1S/C14H13BrN2/c1-10-13(15)6-7-14(16-10)17-8-11-4-2-3-5-12(11)9-17/h2-7H,8-9H2,1H3. The van der Waals surface area contributed by atoms with E-state index in [1.807, 2.05) is 6.92 Å². The Morgan fingerprint density at radius 2 is 1.71 bits per heavy atom. The van der Waals surface area contributed by atoms with E-state index in [1.54, 1.807) is 0 Å². The molecule has 1 aliphatic rings. The number of aryl methyl sites for hydroxylation is 1. The minimum atomic E-state index is 0.963. The molecule has 0 N–H and O–H groups in total. The fourth-order valence-electron chi connectivity index (χ4n) is 2.20.